The molecule has 152 valence electrons. The molecule has 1 N–H and O–H groups in total. The highest BCUT2D eigenvalue weighted by atomic mass is 16.2. The summed E-state index contributed by atoms with van der Waals surface area (Å²) in [6, 6.07) is 0.661. The number of hydrogen-bond donors (Lipinski definition) is 1. The zero-order chi connectivity index (χ0) is 19.1. The van der Waals surface area contributed by atoms with Gasteiger partial charge in [-0.1, -0.05) is 25.7 Å². The van der Waals surface area contributed by atoms with E-state index in [4.69, 9.17) is 4.98 Å². The maximum atomic E-state index is 12.7. The smallest absolute Gasteiger partial charge is 0.254 e. The molecule has 0 unspecified atom stereocenters. The minimum Gasteiger partial charge on any atom is -0.342 e. The lowest BCUT2D eigenvalue weighted by molar-refractivity contribution is -0.137. The standard InChI is InChI=1S/C22H32N4O2/c27-21-18-10-12-25(17-7-2-1-3-8-17)14-19(18)23-20(24-21)16-9-11-26(13-16)22(28)15-5-4-6-15/h15-17H,1-14H2,(H,23,24,27)/t16-/m0/s1. The number of rotatable bonds is 3. The van der Waals surface area contributed by atoms with Gasteiger partial charge in [-0.15, -0.1) is 0 Å². The zero-order valence-corrected chi connectivity index (χ0v) is 16.8. The first-order chi connectivity index (χ1) is 13.7. The molecule has 1 aromatic rings. The Bertz CT molecular complexity index is 794. The quantitative estimate of drug-likeness (QED) is 0.870. The van der Waals surface area contributed by atoms with Gasteiger partial charge in [-0.05, 0) is 38.5 Å². The number of nitrogens with one attached hydrogen (secondary N) is 1. The van der Waals surface area contributed by atoms with E-state index >= 15 is 0 Å². The van der Waals surface area contributed by atoms with Gasteiger partial charge in [0.15, 0.2) is 0 Å². The van der Waals surface area contributed by atoms with Crippen LogP contribution in [0.3, 0.4) is 0 Å². The Hall–Kier alpha value is -1.69. The van der Waals surface area contributed by atoms with Crippen LogP contribution in [0.1, 0.15) is 80.8 Å². The van der Waals surface area contributed by atoms with Gasteiger partial charge in [-0.2, -0.15) is 0 Å². The number of fused-ring (bicyclic) bond motifs is 1. The van der Waals surface area contributed by atoms with Crippen LogP contribution in [0.15, 0.2) is 4.79 Å². The van der Waals surface area contributed by atoms with Crippen molar-refractivity contribution in [2.45, 2.75) is 82.7 Å². The summed E-state index contributed by atoms with van der Waals surface area (Å²) in [5.74, 6) is 1.54. The second-order valence-electron chi connectivity index (χ2n) is 9.29. The highest BCUT2D eigenvalue weighted by Gasteiger charge is 2.35. The van der Waals surface area contributed by atoms with Crippen LogP contribution in [-0.2, 0) is 17.8 Å². The lowest BCUT2D eigenvalue weighted by Gasteiger charge is -2.37. The normalized spacial score (nSPS) is 26.9. The second-order valence-corrected chi connectivity index (χ2v) is 9.29. The van der Waals surface area contributed by atoms with Crippen LogP contribution in [0.25, 0.3) is 0 Å². The highest BCUT2D eigenvalue weighted by molar-refractivity contribution is 5.80. The van der Waals surface area contributed by atoms with Crippen molar-refractivity contribution in [1.29, 1.82) is 0 Å². The van der Waals surface area contributed by atoms with E-state index in [1.165, 1.54) is 38.5 Å². The fourth-order valence-electron chi connectivity index (χ4n) is 5.53. The van der Waals surface area contributed by atoms with Crippen LogP contribution in [-0.4, -0.2) is 51.4 Å². The molecule has 28 heavy (non-hydrogen) atoms. The molecule has 0 bridgehead atoms. The molecular weight excluding hydrogens is 352 g/mol. The monoisotopic (exact) mass is 384 g/mol. The molecule has 2 saturated carbocycles. The molecule has 5 rings (SSSR count). The zero-order valence-electron chi connectivity index (χ0n) is 16.8. The summed E-state index contributed by atoms with van der Waals surface area (Å²) >= 11 is 0. The van der Waals surface area contributed by atoms with Gasteiger partial charge < -0.3 is 9.88 Å². The average Bonchev–Trinajstić information content (AvgIpc) is 3.17. The number of amides is 1. The number of aromatic amines is 1. The molecule has 1 saturated heterocycles. The molecule has 1 aromatic heterocycles. The average molecular weight is 385 g/mol. The van der Waals surface area contributed by atoms with E-state index in [0.717, 1.165) is 62.4 Å². The first kappa shape index (κ1) is 18.3. The molecule has 3 fully saturated rings. The number of nitrogens with zero attached hydrogens (tertiary/aromatic N) is 3. The van der Waals surface area contributed by atoms with Crippen molar-refractivity contribution in [3.63, 3.8) is 0 Å². The molecule has 2 aliphatic carbocycles. The summed E-state index contributed by atoms with van der Waals surface area (Å²) in [7, 11) is 0. The molecule has 4 aliphatic rings. The lowest BCUT2D eigenvalue weighted by Crippen LogP contribution is -2.42. The molecule has 2 aliphatic heterocycles. The third-order valence-corrected chi connectivity index (χ3v) is 7.55. The van der Waals surface area contributed by atoms with Gasteiger partial charge in [-0.3, -0.25) is 14.5 Å². The molecule has 0 radical (unpaired) electrons. The largest absolute Gasteiger partial charge is 0.342 e. The summed E-state index contributed by atoms with van der Waals surface area (Å²) in [5.41, 5.74) is 1.92. The summed E-state index contributed by atoms with van der Waals surface area (Å²) in [5, 5.41) is 0. The molecule has 1 atom stereocenters. The Kier molecular flexibility index (Phi) is 4.99. The number of aromatic nitrogens is 2. The van der Waals surface area contributed by atoms with Crippen LogP contribution < -0.4 is 5.56 Å². The van der Waals surface area contributed by atoms with E-state index in [1.807, 2.05) is 4.90 Å². The van der Waals surface area contributed by atoms with Crippen LogP contribution in [0.2, 0.25) is 0 Å². The van der Waals surface area contributed by atoms with Gasteiger partial charge in [0.05, 0.1) is 5.69 Å². The van der Waals surface area contributed by atoms with Gasteiger partial charge >= 0.3 is 0 Å². The Balaban J connectivity index is 1.31. The van der Waals surface area contributed by atoms with Crippen LogP contribution >= 0.6 is 0 Å². The molecular formula is C22H32N4O2. The molecule has 0 spiro atoms. The number of hydrogen-bond acceptors (Lipinski definition) is 4. The molecule has 6 heteroatoms. The first-order valence-corrected chi connectivity index (χ1v) is 11.3. The second kappa shape index (κ2) is 7.62. The SMILES string of the molecule is O=C(C1CCC1)N1CC[C@H](c2nc3c(c(=O)[nH]2)CCN(C2CCCCC2)C3)C1. The Morgan fingerprint density at radius 2 is 1.82 bits per heavy atom. The minimum absolute atomic E-state index is 0.0482. The molecule has 1 amide bonds. The maximum absolute atomic E-state index is 12.7. The first-order valence-electron chi connectivity index (χ1n) is 11.3. The predicted octanol–water partition coefficient (Wildman–Crippen LogP) is 2.58. The van der Waals surface area contributed by atoms with Crippen LogP contribution in [0.4, 0.5) is 0 Å². The van der Waals surface area contributed by atoms with Gasteiger partial charge in [0, 0.05) is 49.6 Å². The van der Waals surface area contributed by atoms with Crippen molar-refractivity contribution in [2.75, 3.05) is 19.6 Å². The van der Waals surface area contributed by atoms with Crippen molar-refractivity contribution >= 4 is 5.91 Å². The third-order valence-electron chi connectivity index (χ3n) is 7.55. The van der Waals surface area contributed by atoms with Gasteiger partial charge in [0.25, 0.3) is 5.56 Å². The summed E-state index contributed by atoms with van der Waals surface area (Å²) in [6.07, 6.45) is 11.6. The van der Waals surface area contributed by atoms with E-state index in [-0.39, 0.29) is 17.4 Å². The van der Waals surface area contributed by atoms with Gasteiger partial charge in [-0.25, -0.2) is 4.98 Å². The fraction of sp³-hybridized carbons (Fsp3) is 0.773. The Morgan fingerprint density at radius 1 is 1.00 bits per heavy atom. The highest BCUT2D eigenvalue weighted by Crippen LogP contribution is 2.33. The lowest BCUT2D eigenvalue weighted by atomic mass is 9.84. The molecule has 0 aromatic carbocycles. The van der Waals surface area contributed by atoms with Crippen molar-refractivity contribution in [1.82, 2.24) is 19.8 Å². The van der Waals surface area contributed by atoms with E-state index < -0.39 is 0 Å². The number of carbonyl (C=O) groups excluding carboxylic acids is 1. The molecule has 3 heterocycles. The number of likely N-dealkylation sites (tertiary alicyclic amines) is 1. The van der Waals surface area contributed by atoms with E-state index in [0.29, 0.717) is 18.5 Å². The summed E-state index contributed by atoms with van der Waals surface area (Å²) in [4.78, 5) is 37.8. The summed E-state index contributed by atoms with van der Waals surface area (Å²) < 4.78 is 0. The Labute approximate surface area is 166 Å². The predicted molar refractivity (Wildman–Crippen MR) is 107 cm³/mol. The number of H-pyrrole nitrogens is 1. The fourth-order valence-corrected chi connectivity index (χ4v) is 5.53. The van der Waals surface area contributed by atoms with Crippen LogP contribution in [0.5, 0.6) is 0 Å². The van der Waals surface area contributed by atoms with E-state index in [9.17, 15) is 9.59 Å². The van der Waals surface area contributed by atoms with E-state index in [2.05, 4.69) is 9.88 Å². The minimum atomic E-state index is 0.0482. The van der Waals surface area contributed by atoms with Crippen LogP contribution in [0, 0.1) is 5.92 Å². The third kappa shape index (κ3) is 3.40. The summed E-state index contributed by atoms with van der Waals surface area (Å²) in [6.45, 7) is 3.31. The van der Waals surface area contributed by atoms with Crippen molar-refractivity contribution in [2.24, 2.45) is 5.92 Å². The topological polar surface area (TPSA) is 69.3 Å². The van der Waals surface area contributed by atoms with E-state index in [1.54, 1.807) is 0 Å². The number of carbonyl (C=O) groups is 1. The maximum Gasteiger partial charge on any atom is 0.254 e. The molecule has 6 nitrogen and oxygen atoms in total. The van der Waals surface area contributed by atoms with Gasteiger partial charge in [0.2, 0.25) is 5.91 Å². The van der Waals surface area contributed by atoms with Crippen molar-refractivity contribution < 1.29 is 4.79 Å². The van der Waals surface area contributed by atoms with Crippen molar-refractivity contribution in [3.8, 4) is 0 Å². The van der Waals surface area contributed by atoms with Gasteiger partial charge in [0.1, 0.15) is 5.82 Å². The van der Waals surface area contributed by atoms with Crippen molar-refractivity contribution in [3.05, 3.63) is 27.4 Å². The Morgan fingerprint density at radius 3 is 2.57 bits per heavy atom.